The summed E-state index contributed by atoms with van der Waals surface area (Å²) in [7, 11) is -3.31. The number of benzene rings is 2. The summed E-state index contributed by atoms with van der Waals surface area (Å²) in [6.07, 6.45) is 3.05. The third-order valence-electron chi connectivity index (χ3n) is 4.05. The molecule has 0 heterocycles. The van der Waals surface area contributed by atoms with Crippen molar-refractivity contribution in [2.24, 2.45) is 0 Å². The smallest absolute Gasteiger partial charge is 0.177 e. The molecule has 2 aromatic rings. The second kappa shape index (κ2) is 9.65. The number of ether oxygens (including phenoxy) is 2. The molecule has 1 atom stereocenters. The molecule has 0 amide bonds. The van der Waals surface area contributed by atoms with Gasteiger partial charge in [0.2, 0.25) is 0 Å². The third kappa shape index (κ3) is 5.89. The lowest BCUT2D eigenvalue weighted by molar-refractivity contribution is 0.268. The van der Waals surface area contributed by atoms with Crippen molar-refractivity contribution in [2.45, 2.75) is 44.6 Å². The van der Waals surface area contributed by atoms with Crippen LogP contribution in [0.25, 0.3) is 0 Å². The molecule has 2 rings (SSSR count). The Hall–Kier alpha value is -2.21. The molecular formula is C21H29NO4S. The summed E-state index contributed by atoms with van der Waals surface area (Å²) in [5.41, 5.74) is 1.59. The summed E-state index contributed by atoms with van der Waals surface area (Å²) in [5.74, 6) is 1.45. The van der Waals surface area contributed by atoms with Crippen LogP contribution in [0.15, 0.2) is 47.4 Å². The number of anilines is 1. The zero-order chi connectivity index (χ0) is 19.9. The maximum Gasteiger partial charge on any atom is 0.177 e. The number of sulfone groups is 1. The Morgan fingerprint density at radius 3 is 2.22 bits per heavy atom. The quantitative estimate of drug-likeness (QED) is 0.628. The largest absolute Gasteiger partial charge is 0.490 e. The lowest BCUT2D eigenvalue weighted by atomic mass is 10.1. The van der Waals surface area contributed by atoms with Gasteiger partial charge in [-0.3, -0.25) is 0 Å². The SMILES string of the molecule is CCCOc1ccc(C(C)Nc2ccccc2S(C)(=O)=O)cc1OCCC. The van der Waals surface area contributed by atoms with Gasteiger partial charge in [-0.2, -0.15) is 0 Å². The van der Waals surface area contributed by atoms with Gasteiger partial charge in [0, 0.05) is 12.3 Å². The lowest BCUT2D eigenvalue weighted by Crippen LogP contribution is -2.11. The molecule has 0 spiro atoms. The average Bonchev–Trinajstić information content (AvgIpc) is 2.64. The van der Waals surface area contributed by atoms with Crippen LogP contribution in [0.4, 0.5) is 5.69 Å². The highest BCUT2D eigenvalue weighted by atomic mass is 32.2. The molecule has 2 aromatic carbocycles. The Bertz CT molecular complexity index is 849. The first-order valence-corrected chi connectivity index (χ1v) is 11.2. The second-order valence-corrected chi connectivity index (χ2v) is 8.52. The number of hydrogen-bond donors (Lipinski definition) is 1. The highest BCUT2D eigenvalue weighted by Gasteiger charge is 2.16. The zero-order valence-electron chi connectivity index (χ0n) is 16.5. The van der Waals surface area contributed by atoms with Gasteiger partial charge in [0.1, 0.15) is 0 Å². The standard InChI is InChI=1S/C21H29NO4S/c1-5-13-25-19-12-11-17(15-20(19)26-14-6-2)16(3)22-18-9-7-8-10-21(18)27(4,23)24/h7-12,15-16,22H,5-6,13-14H2,1-4H3. The summed E-state index contributed by atoms with van der Waals surface area (Å²) >= 11 is 0. The van der Waals surface area contributed by atoms with E-state index in [1.165, 1.54) is 6.26 Å². The van der Waals surface area contributed by atoms with Crippen LogP contribution >= 0.6 is 0 Å². The van der Waals surface area contributed by atoms with E-state index in [0.29, 0.717) is 29.5 Å². The van der Waals surface area contributed by atoms with Crippen molar-refractivity contribution < 1.29 is 17.9 Å². The third-order valence-corrected chi connectivity index (χ3v) is 5.20. The molecule has 0 aliphatic heterocycles. The molecule has 0 aliphatic rings. The van der Waals surface area contributed by atoms with E-state index in [9.17, 15) is 8.42 Å². The molecule has 148 valence electrons. The minimum absolute atomic E-state index is 0.0999. The summed E-state index contributed by atoms with van der Waals surface area (Å²) in [4.78, 5) is 0.294. The average molecular weight is 392 g/mol. The maximum absolute atomic E-state index is 12.0. The Morgan fingerprint density at radius 2 is 1.59 bits per heavy atom. The fourth-order valence-electron chi connectivity index (χ4n) is 2.68. The van der Waals surface area contributed by atoms with Crippen molar-refractivity contribution in [2.75, 3.05) is 24.8 Å². The van der Waals surface area contributed by atoms with Crippen LogP contribution < -0.4 is 14.8 Å². The van der Waals surface area contributed by atoms with E-state index in [1.54, 1.807) is 18.2 Å². The Kier molecular flexibility index (Phi) is 7.54. The van der Waals surface area contributed by atoms with Crippen molar-refractivity contribution >= 4 is 15.5 Å². The van der Waals surface area contributed by atoms with E-state index in [1.807, 2.05) is 31.2 Å². The fraction of sp³-hybridized carbons (Fsp3) is 0.429. The molecule has 0 aliphatic carbocycles. The van der Waals surface area contributed by atoms with Crippen molar-refractivity contribution in [3.8, 4) is 11.5 Å². The predicted molar refractivity (Wildman–Crippen MR) is 110 cm³/mol. The van der Waals surface area contributed by atoms with Crippen molar-refractivity contribution in [3.05, 3.63) is 48.0 Å². The Balaban J connectivity index is 2.27. The summed E-state index contributed by atoms with van der Waals surface area (Å²) in [6, 6.07) is 12.7. The molecule has 5 nitrogen and oxygen atoms in total. The van der Waals surface area contributed by atoms with Gasteiger partial charge in [0.15, 0.2) is 21.3 Å². The summed E-state index contributed by atoms with van der Waals surface area (Å²) in [5, 5.41) is 3.30. The molecular weight excluding hydrogens is 362 g/mol. The molecule has 0 bridgehead atoms. The fourth-order valence-corrected chi connectivity index (χ4v) is 3.53. The monoisotopic (exact) mass is 391 g/mol. The maximum atomic E-state index is 12.0. The van der Waals surface area contributed by atoms with E-state index in [2.05, 4.69) is 19.2 Å². The first kappa shape index (κ1) is 21.1. The zero-order valence-corrected chi connectivity index (χ0v) is 17.3. The Labute approximate surface area is 162 Å². The predicted octanol–water partition coefficient (Wildman–Crippen LogP) is 4.84. The van der Waals surface area contributed by atoms with Gasteiger partial charge >= 0.3 is 0 Å². The lowest BCUT2D eigenvalue weighted by Gasteiger charge is -2.20. The molecule has 0 radical (unpaired) electrons. The molecule has 0 saturated heterocycles. The molecule has 0 aromatic heterocycles. The number of rotatable bonds is 10. The molecule has 6 heteroatoms. The number of para-hydroxylation sites is 1. The number of hydrogen-bond acceptors (Lipinski definition) is 5. The summed E-state index contributed by atoms with van der Waals surface area (Å²) < 4.78 is 35.7. The Morgan fingerprint density at radius 1 is 0.963 bits per heavy atom. The van der Waals surface area contributed by atoms with E-state index < -0.39 is 9.84 Å². The first-order chi connectivity index (χ1) is 12.9. The molecule has 0 fully saturated rings. The van der Waals surface area contributed by atoms with Crippen molar-refractivity contribution in [1.82, 2.24) is 0 Å². The van der Waals surface area contributed by atoms with E-state index in [4.69, 9.17) is 9.47 Å². The van der Waals surface area contributed by atoms with Crippen LogP contribution in [0.1, 0.15) is 45.2 Å². The normalized spacial score (nSPS) is 12.4. The van der Waals surface area contributed by atoms with Gasteiger partial charge in [-0.1, -0.05) is 32.0 Å². The van der Waals surface area contributed by atoms with Gasteiger partial charge < -0.3 is 14.8 Å². The van der Waals surface area contributed by atoms with Crippen molar-refractivity contribution in [3.63, 3.8) is 0 Å². The minimum Gasteiger partial charge on any atom is -0.490 e. The topological polar surface area (TPSA) is 64.6 Å². The molecule has 1 N–H and O–H groups in total. The van der Waals surface area contributed by atoms with Crippen LogP contribution in [-0.2, 0) is 9.84 Å². The van der Waals surface area contributed by atoms with Gasteiger partial charge in [0.05, 0.1) is 23.8 Å². The van der Waals surface area contributed by atoms with Crippen LogP contribution in [0, 0.1) is 0 Å². The molecule has 1 unspecified atom stereocenters. The van der Waals surface area contributed by atoms with Gasteiger partial charge in [0.25, 0.3) is 0 Å². The van der Waals surface area contributed by atoms with Crippen LogP contribution in [0.3, 0.4) is 0 Å². The van der Waals surface area contributed by atoms with Crippen LogP contribution in [0.5, 0.6) is 11.5 Å². The van der Waals surface area contributed by atoms with Crippen LogP contribution in [-0.4, -0.2) is 27.9 Å². The summed E-state index contributed by atoms with van der Waals surface area (Å²) in [6.45, 7) is 7.36. The number of nitrogens with one attached hydrogen (secondary N) is 1. The second-order valence-electron chi connectivity index (χ2n) is 6.54. The van der Waals surface area contributed by atoms with Crippen LogP contribution in [0.2, 0.25) is 0 Å². The van der Waals surface area contributed by atoms with Gasteiger partial charge in [-0.25, -0.2) is 8.42 Å². The van der Waals surface area contributed by atoms with Gasteiger partial charge in [-0.05, 0) is 49.6 Å². The van der Waals surface area contributed by atoms with Gasteiger partial charge in [-0.15, -0.1) is 0 Å². The van der Waals surface area contributed by atoms with E-state index in [0.717, 1.165) is 24.2 Å². The van der Waals surface area contributed by atoms with Crippen molar-refractivity contribution in [1.29, 1.82) is 0 Å². The molecule has 27 heavy (non-hydrogen) atoms. The minimum atomic E-state index is -3.31. The molecule has 0 saturated carbocycles. The van der Waals surface area contributed by atoms with E-state index in [-0.39, 0.29) is 6.04 Å². The highest BCUT2D eigenvalue weighted by Crippen LogP contribution is 2.33. The highest BCUT2D eigenvalue weighted by molar-refractivity contribution is 7.90. The van der Waals surface area contributed by atoms with E-state index >= 15 is 0 Å². The first-order valence-electron chi connectivity index (χ1n) is 9.32.